The lowest BCUT2D eigenvalue weighted by Gasteiger charge is -2.42. The van der Waals surface area contributed by atoms with Crippen molar-refractivity contribution in [2.24, 2.45) is 0 Å². The van der Waals surface area contributed by atoms with Crippen LogP contribution in [-0.2, 0) is 28.0 Å². The fourth-order valence-corrected chi connectivity index (χ4v) is 5.03. The van der Waals surface area contributed by atoms with Crippen LogP contribution in [0.25, 0.3) is 0 Å². The number of nitrogens with zero attached hydrogens (tertiary/aromatic N) is 1. The molecular weight excluding hydrogens is 435 g/mol. The topological polar surface area (TPSA) is 58.6 Å². The Labute approximate surface area is 192 Å². The van der Waals surface area contributed by atoms with Crippen LogP contribution >= 0.6 is 23.2 Å². The van der Waals surface area contributed by atoms with E-state index in [1.54, 1.807) is 18.2 Å². The molecule has 0 aliphatic carbocycles. The minimum atomic E-state index is -0.875. The van der Waals surface area contributed by atoms with Crippen molar-refractivity contribution in [2.75, 3.05) is 26.2 Å². The number of fused-ring (bicyclic) bond motifs is 1. The van der Waals surface area contributed by atoms with Gasteiger partial charge in [0.25, 0.3) is 0 Å². The Morgan fingerprint density at radius 3 is 2.61 bits per heavy atom. The highest BCUT2D eigenvalue weighted by Gasteiger charge is 2.45. The van der Waals surface area contributed by atoms with Crippen LogP contribution in [0.1, 0.15) is 36.5 Å². The van der Waals surface area contributed by atoms with Crippen LogP contribution in [0.15, 0.2) is 36.4 Å². The number of rotatable bonds is 6. The third kappa shape index (κ3) is 4.65. The summed E-state index contributed by atoms with van der Waals surface area (Å²) in [6.07, 6.45) is 3.20. The van der Waals surface area contributed by atoms with E-state index in [0.29, 0.717) is 35.3 Å². The average Bonchev–Trinajstić information content (AvgIpc) is 3.24. The van der Waals surface area contributed by atoms with Gasteiger partial charge in [-0.25, -0.2) is 0 Å². The van der Waals surface area contributed by atoms with Crippen molar-refractivity contribution in [1.82, 2.24) is 10.2 Å². The van der Waals surface area contributed by atoms with Gasteiger partial charge in [-0.1, -0.05) is 41.4 Å². The molecule has 0 aromatic heterocycles. The molecule has 2 aromatic carbocycles. The predicted octanol–water partition coefficient (Wildman–Crippen LogP) is 4.17. The van der Waals surface area contributed by atoms with Crippen molar-refractivity contribution in [3.63, 3.8) is 0 Å². The van der Waals surface area contributed by atoms with Gasteiger partial charge >= 0.3 is 5.97 Å². The molecule has 2 aromatic rings. The molecule has 1 unspecified atom stereocenters. The molecular formula is C24H26Cl2N2O3. The molecule has 31 heavy (non-hydrogen) atoms. The summed E-state index contributed by atoms with van der Waals surface area (Å²) in [5, 5.41) is 4.46. The number of esters is 1. The number of ketones is 1. The van der Waals surface area contributed by atoms with Crippen LogP contribution in [0.2, 0.25) is 10.0 Å². The highest BCUT2D eigenvalue weighted by molar-refractivity contribution is 6.42. The van der Waals surface area contributed by atoms with E-state index in [0.717, 1.165) is 42.6 Å². The number of likely N-dealkylation sites (tertiary alicyclic amines) is 1. The Morgan fingerprint density at radius 2 is 1.90 bits per heavy atom. The van der Waals surface area contributed by atoms with Crippen molar-refractivity contribution in [2.45, 2.75) is 38.1 Å². The van der Waals surface area contributed by atoms with E-state index in [9.17, 15) is 9.59 Å². The zero-order chi connectivity index (χ0) is 22.0. The molecule has 7 heteroatoms. The molecule has 164 valence electrons. The standard InChI is InChI=1S/C24H26Cl2N2O3/c1-16(29)31-22-6-4-5-19-18(22)9-10-27-24(19,15-28-11-2-3-12-28)23(30)14-17-7-8-20(25)21(26)13-17/h4-8,13,27H,2-3,9-12,14-15H2,1H3. The lowest BCUT2D eigenvalue weighted by atomic mass is 9.76. The number of hydrogen-bond acceptors (Lipinski definition) is 5. The first-order valence-electron chi connectivity index (χ1n) is 10.6. The molecule has 0 spiro atoms. The van der Waals surface area contributed by atoms with Crippen LogP contribution in [0.4, 0.5) is 0 Å². The molecule has 2 aliphatic rings. The molecule has 4 rings (SSSR count). The fourth-order valence-electron chi connectivity index (χ4n) is 4.71. The number of benzene rings is 2. The van der Waals surface area contributed by atoms with Crippen molar-refractivity contribution in [1.29, 1.82) is 0 Å². The predicted molar refractivity (Wildman–Crippen MR) is 122 cm³/mol. The highest BCUT2D eigenvalue weighted by atomic mass is 35.5. The van der Waals surface area contributed by atoms with Gasteiger partial charge < -0.3 is 9.64 Å². The summed E-state index contributed by atoms with van der Waals surface area (Å²) in [6, 6.07) is 11.0. The first-order valence-corrected chi connectivity index (χ1v) is 11.4. The minimum Gasteiger partial charge on any atom is -0.426 e. The molecule has 0 bridgehead atoms. The largest absolute Gasteiger partial charge is 0.426 e. The van der Waals surface area contributed by atoms with Crippen LogP contribution in [0.5, 0.6) is 5.75 Å². The number of Topliss-reactive ketones (excluding diaryl/α,β-unsaturated/α-hetero) is 1. The maximum atomic E-state index is 13.9. The Hall–Kier alpha value is -1.92. The second-order valence-electron chi connectivity index (χ2n) is 8.29. The number of carbonyl (C=O) groups excluding carboxylic acids is 2. The summed E-state index contributed by atoms with van der Waals surface area (Å²) in [6.45, 7) is 4.56. The molecule has 0 saturated carbocycles. The molecule has 1 N–H and O–H groups in total. The van der Waals surface area contributed by atoms with Gasteiger partial charge in [0.05, 0.1) is 10.0 Å². The third-order valence-electron chi connectivity index (χ3n) is 6.13. The first-order chi connectivity index (χ1) is 14.9. The lowest BCUT2D eigenvalue weighted by Crippen LogP contribution is -2.59. The molecule has 1 saturated heterocycles. The third-order valence-corrected chi connectivity index (χ3v) is 6.87. The minimum absolute atomic E-state index is 0.0683. The summed E-state index contributed by atoms with van der Waals surface area (Å²) in [5.74, 6) is 0.248. The SMILES string of the molecule is CC(=O)Oc1cccc2c1CCNC2(CN1CCCC1)C(=O)Cc1ccc(Cl)c(Cl)c1. The Morgan fingerprint density at radius 1 is 1.13 bits per heavy atom. The first kappa shape index (κ1) is 22.3. The van der Waals surface area contributed by atoms with Gasteiger partial charge in [-0.15, -0.1) is 0 Å². The zero-order valence-corrected chi connectivity index (χ0v) is 19.1. The average molecular weight is 461 g/mol. The molecule has 0 amide bonds. The van der Waals surface area contributed by atoms with Crippen molar-refractivity contribution in [3.8, 4) is 5.75 Å². The monoisotopic (exact) mass is 460 g/mol. The van der Waals surface area contributed by atoms with Gasteiger partial charge in [0, 0.05) is 32.0 Å². The summed E-state index contributed by atoms with van der Waals surface area (Å²) < 4.78 is 5.48. The summed E-state index contributed by atoms with van der Waals surface area (Å²) in [5.41, 5.74) is 1.78. The van der Waals surface area contributed by atoms with Crippen molar-refractivity contribution in [3.05, 3.63) is 63.1 Å². The van der Waals surface area contributed by atoms with Gasteiger partial charge in [-0.3, -0.25) is 14.9 Å². The van der Waals surface area contributed by atoms with Crippen molar-refractivity contribution >= 4 is 35.0 Å². The number of hydrogen-bond donors (Lipinski definition) is 1. The maximum Gasteiger partial charge on any atom is 0.308 e. The summed E-state index contributed by atoms with van der Waals surface area (Å²) >= 11 is 12.2. The quantitative estimate of drug-likeness (QED) is 0.517. The molecule has 5 nitrogen and oxygen atoms in total. The molecule has 0 radical (unpaired) electrons. The van der Waals surface area contributed by atoms with Gasteiger partial charge in [0.15, 0.2) is 5.78 Å². The number of halogens is 2. The van der Waals surface area contributed by atoms with Gasteiger partial charge in [0.2, 0.25) is 0 Å². The summed E-state index contributed by atoms with van der Waals surface area (Å²) in [4.78, 5) is 27.9. The van der Waals surface area contributed by atoms with Crippen molar-refractivity contribution < 1.29 is 14.3 Å². The number of carbonyl (C=O) groups is 2. The zero-order valence-electron chi connectivity index (χ0n) is 17.5. The normalized spacial score (nSPS) is 21.0. The summed E-state index contributed by atoms with van der Waals surface area (Å²) in [7, 11) is 0. The number of nitrogens with one attached hydrogen (secondary N) is 1. The van der Waals surface area contributed by atoms with Gasteiger partial charge in [-0.2, -0.15) is 0 Å². The van der Waals surface area contributed by atoms with E-state index in [1.807, 2.05) is 18.2 Å². The van der Waals surface area contributed by atoms with Crippen LogP contribution in [0, 0.1) is 0 Å². The molecule has 2 aliphatic heterocycles. The van der Waals surface area contributed by atoms with Crippen LogP contribution < -0.4 is 10.1 Å². The van der Waals surface area contributed by atoms with E-state index in [1.165, 1.54) is 6.92 Å². The fraction of sp³-hybridized carbons (Fsp3) is 0.417. The van der Waals surface area contributed by atoms with Crippen LogP contribution in [0.3, 0.4) is 0 Å². The smallest absolute Gasteiger partial charge is 0.308 e. The van der Waals surface area contributed by atoms with E-state index < -0.39 is 5.54 Å². The highest BCUT2D eigenvalue weighted by Crippen LogP contribution is 2.37. The van der Waals surface area contributed by atoms with Gasteiger partial charge in [0.1, 0.15) is 11.3 Å². The second-order valence-corrected chi connectivity index (χ2v) is 9.10. The van der Waals surface area contributed by atoms with E-state index in [2.05, 4.69) is 10.2 Å². The molecule has 2 heterocycles. The van der Waals surface area contributed by atoms with E-state index in [-0.39, 0.29) is 18.2 Å². The number of ether oxygens (including phenoxy) is 1. The van der Waals surface area contributed by atoms with Crippen LogP contribution in [-0.4, -0.2) is 42.8 Å². The van der Waals surface area contributed by atoms with E-state index in [4.69, 9.17) is 27.9 Å². The Bertz CT molecular complexity index is 1000. The Balaban J connectivity index is 1.75. The molecule has 1 fully saturated rings. The maximum absolute atomic E-state index is 13.9. The second kappa shape index (κ2) is 9.29. The van der Waals surface area contributed by atoms with E-state index >= 15 is 0 Å². The Kier molecular flexibility index (Phi) is 6.68. The lowest BCUT2D eigenvalue weighted by molar-refractivity contribution is -0.131. The molecule has 1 atom stereocenters. The van der Waals surface area contributed by atoms with Gasteiger partial charge in [-0.05, 0) is 61.7 Å².